The van der Waals surface area contributed by atoms with Crippen LogP contribution in [0.15, 0.2) is 16.9 Å². The molecule has 0 bridgehead atoms. The molecule has 1 aromatic rings. The summed E-state index contributed by atoms with van der Waals surface area (Å²) in [6.45, 7) is 9.83. The van der Waals surface area contributed by atoms with E-state index in [0.717, 1.165) is 31.7 Å². The van der Waals surface area contributed by atoms with Crippen LogP contribution in [0.4, 0.5) is 0 Å². The van der Waals surface area contributed by atoms with Crippen LogP contribution >= 0.6 is 0 Å². The van der Waals surface area contributed by atoms with E-state index in [2.05, 4.69) is 36.1 Å². The zero-order valence-corrected chi connectivity index (χ0v) is 11.1. The van der Waals surface area contributed by atoms with Crippen molar-refractivity contribution in [1.82, 2.24) is 15.4 Å². The summed E-state index contributed by atoms with van der Waals surface area (Å²) in [5, 5.41) is 7.69. The van der Waals surface area contributed by atoms with Crippen molar-refractivity contribution >= 4 is 0 Å². The van der Waals surface area contributed by atoms with Gasteiger partial charge in [-0.05, 0) is 19.8 Å². The monoisotopic (exact) mass is 237 g/mol. The lowest BCUT2D eigenvalue weighted by Gasteiger charge is -2.45. The Bertz CT molecular complexity index is 338. The molecule has 0 radical (unpaired) electrons. The summed E-state index contributed by atoms with van der Waals surface area (Å²) < 4.78 is 4.91. The Hall–Kier alpha value is -0.870. The fourth-order valence-corrected chi connectivity index (χ4v) is 2.48. The van der Waals surface area contributed by atoms with Crippen molar-refractivity contribution in [2.75, 3.05) is 13.1 Å². The highest BCUT2D eigenvalue weighted by molar-refractivity contribution is 5.00. The molecule has 0 saturated carbocycles. The number of hydrogen-bond donors (Lipinski definition) is 1. The van der Waals surface area contributed by atoms with Gasteiger partial charge in [0, 0.05) is 37.3 Å². The molecule has 1 N–H and O–H groups in total. The fourth-order valence-electron chi connectivity index (χ4n) is 2.48. The molecule has 1 aliphatic rings. The van der Waals surface area contributed by atoms with E-state index in [0.29, 0.717) is 6.04 Å². The van der Waals surface area contributed by atoms with Gasteiger partial charge in [0.25, 0.3) is 0 Å². The topological polar surface area (TPSA) is 41.3 Å². The summed E-state index contributed by atoms with van der Waals surface area (Å²) in [5.74, 6) is 0. The highest BCUT2D eigenvalue weighted by Gasteiger charge is 2.33. The first-order chi connectivity index (χ1) is 8.17. The minimum absolute atomic E-state index is 0.232. The standard InChI is InChI=1S/C13H23N3O/c1-4-12-8-14-13(3,5-2)10-16(12)9-11-6-7-17-15-11/h6-7,12,14H,4-5,8-10H2,1-3H3. The van der Waals surface area contributed by atoms with Crippen molar-refractivity contribution in [3.05, 3.63) is 18.0 Å². The largest absolute Gasteiger partial charge is 0.364 e. The van der Waals surface area contributed by atoms with Gasteiger partial charge in [-0.3, -0.25) is 4.90 Å². The number of nitrogens with one attached hydrogen (secondary N) is 1. The molecule has 0 aliphatic carbocycles. The molecular weight excluding hydrogens is 214 g/mol. The van der Waals surface area contributed by atoms with E-state index in [1.165, 1.54) is 6.42 Å². The van der Waals surface area contributed by atoms with Crippen LogP contribution in [-0.2, 0) is 6.54 Å². The smallest absolute Gasteiger partial charge is 0.124 e. The van der Waals surface area contributed by atoms with Gasteiger partial charge in [0.15, 0.2) is 0 Å². The third-order valence-electron chi connectivity index (χ3n) is 3.94. The van der Waals surface area contributed by atoms with Crippen LogP contribution in [0.1, 0.15) is 39.3 Å². The van der Waals surface area contributed by atoms with Crippen LogP contribution in [0.3, 0.4) is 0 Å². The molecule has 1 fully saturated rings. The summed E-state index contributed by atoms with van der Waals surface area (Å²) in [6.07, 6.45) is 3.97. The SMILES string of the molecule is CCC1CNC(C)(CC)CN1Cc1ccon1. The zero-order valence-electron chi connectivity index (χ0n) is 11.1. The van der Waals surface area contributed by atoms with Gasteiger partial charge in [0.05, 0.1) is 5.69 Å². The number of hydrogen-bond acceptors (Lipinski definition) is 4. The first-order valence-electron chi connectivity index (χ1n) is 6.55. The quantitative estimate of drug-likeness (QED) is 0.870. The van der Waals surface area contributed by atoms with Crippen LogP contribution in [0.25, 0.3) is 0 Å². The molecule has 1 aliphatic heterocycles. The van der Waals surface area contributed by atoms with Gasteiger partial charge >= 0.3 is 0 Å². The van der Waals surface area contributed by atoms with Crippen LogP contribution in [-0.4, -0.2) is 34.7 Å². The molecule has 0 spiro atoms. The molecule has 2 atom stereocenters. The van der Waals surface area contributed by atoms with E-state index in [1.54, 1.807) is 6.26 Å². The lowest BCUT2D eigenvalue weighted by atomic mass is 9.92. The zero-order chi connectivity index (χ0) is 12.3. The van der Waals surface area contributed by atoms with E-state index < -0.39 is 0 Å². The van der Waals surface area contributed by atoms with Crippen molar-refractivity contribution in [1.29, 1.82) is 0 Å². The molecule has 17 heavy (non-hydrogen) atoms. The Morgan fingerprint density at radius 1 is 1.59 bits per heavy atom. The van der Waals surface area contributed by atoms with Crippen LogP contribution in [0.5, 0.6) is 0 Å². The van der Waals surface area contributed by atoms with Gasteiger partial charge in [-0.25, -0.2) is 0 Å². The molecule has 1 saturated heterocycles. The summed E-state index contributed by atoms with van der Waals surface area (Å²) in [5.41, 5.74) is 1.26. The molecular formula is C13H23N3O. The predicted octanol–water partition coefficient (Wildman–Crippen LogP) is 2.03. The van der Waals surface area contributed by atoms with Crippen molar-refractivity contribution in [2.24, 2.45) is 0 Å². The highest BCUT2D eigenvalue weighted by Crippen LogP contribution is 2.21. The second-order valence-corrected chi connectivity index (χ2v) is 5.25. The summed E-state index contributed by atoms with van der Waals surface area (Å²) in [7, 11) is 0. The predicted molar refractivity (Wildman–Crippen MR) is 67.7 cm³/mol. The van der Waals surface area contributed by atoms with Crippen LogP contribution in [0, 0.1) is 0 Å². The molecule has 96 valence electrons. The first kappa shape index (κ1) is 12.6. The van der Waals surface area contributed by atoms with Gasteiger partial charge < -0.3 is 9.84 Å². The molecule has 2 rings (SSSR count). The lowest BCUT2D eigenvalue weighted by Crippen LogP contribution is -2.62. The van der Waals surface area contributed by atoms with Crippen molar-refractivity contribution in [2.45, 2.75) is 51.7 Å². The van der Waals surface area contributed by atoms with E-state index in [4.69, 9.17) is 4.52 Å². The second kappa shape index (κ2) is 5.19. The number of rotatable bonds is 4. The summed E-state index contributed by atoms with van der Waals surface area (Å²) >= 11 is 0. The molecule has 0 aromatic carbocycles. The minimum atomic E-state index is 0.232. The maximum Gasteiger partial charge on any atom is 0.124 e. The van der Waals surface area contributed by atoms with Crippen molar-refractivity contribution in [3.8, 4) is 0 Å². The Morgan fingerprint density at radius 2 is 2.41 bits per heavy atom. The lowest BCUT2D eigenvalue weighted by molar-refractivity contribution is 0.0735. The summed E-state index contributed by atoms with van der Waals surface area (Å²) in [4.78, 5) is 2.53. The van der Waals surface area contributed by atoms with E-state index >= 15 is 0 Å². The Kier molecular flexibility index (Phi) is 3.84. The van der Waals surface area contributed by atoms with E-state index in [1.807, 2.05) is 6.07 Å². The Balaban J connectivity index is 2.05. The number of nitrogens with zero attached hydrogens (tertiary/aromatic N) is 2. The summed E-state index contributed by atoms with van der Waals surface area (Å²) in [6, 6.07) is 2.56. The second-order valence-electron chi connectivity index (χ2n) is 5.25. The third-order valence-corrected chi connectivity index (χ3v) is 3.94. The third kappa shape index (κ3) is 2.87. The van der Waals surface area contributed by atoms with Crippen molar-refractivity contribution in [3.63, 3.8) is 0 Å². The maximum absolute atomic E-state index is 4.91. The number of aromatic nitrogens is 1. The average Bonchev–Trinajstić information content (AvgIpc) is 2.82. The normalized spacial score (nSPS) is 30.6. The van der Waals surface area contributed by atoms with Gasteiger partial charge in [-0.15, -0.1) is 0 Å². The molecule has 2 heterocycles. The maximum atomic E-state index is 4.91. The van der Waals surface area contributed by atoms with Crippen molar-refractivity contribution < 1.29 is 4.52 Å². The number of piperazine rings is 1. The van der Waals surface area contributed by atoms with Gasteiger partial charge in [0.2, 0.25) is 0 Å². The molecule has 2 unspecified atom stereocenters. The van der Waals surface area contributed by atoms with Crippen LogP contribution < -0.4 is 5.32 Å². The average molecular weight is 237 g/mol. The van der Waals surface area contributed by atoms with Gasteiger partial charge in [-0.2, -0.15) is 0 Å². The van der Waals surface area contributed by atoms with E-state index in [9.17, 15) is 0 Å². The first-order valence-corrected chi connectivity index (χ1v) is 6.55. The minimum Gasteiger partial charge on any atom is -0.364 e. The van der Waals surface area contributed by atoms with Gasteiger partial charge in [0.1, 0.15) is 6.26 Å². The molecule has 1 aromatic heterocycles. The fraction of sp³-hybridized carbons (Fsp3) is 0.769. The molecule has 0 amide bonds. The molecule has 4 heteroatoms. The van der Waals surface area contributed by atoms with Gasteiger partial charge in [-0.1, -0.05) is 19.0 Å². The highest BCUT2D eigenvalue weighted by atomic mass is 16.5. The van der Waals surface area contributed by atoms with E-state index in [-0.39, 0.29) is 5.54 Å². The van der Waals surface area contributed by atoms with Crippen LogP contribution in [0.2, 0.25) is 0 Å². The molecule has 4 nitrogen and oxygen atoms in total. The Labute approximate surface area is 103 Å². The Morgan fingerprint density at radius 3 is 3.00 bits per heavy atom.